The Morgan fingerprint density at radius 2 is 1.62 bits per heavy atom. The molecule has 0 radical (unpaired) electrons. The van der Waals surface area contributed by atoms with Gasteiger partial charge in [0.2, 0.25) is 0 Å². The largest absolute Gasteiger partial charge is 0.100 e. The average molecular weight is 577 g/mol. The lowest BCUT2D eigenvalue weighted by molar-refractivity contribution is 0.157. The molecule has 0 aliphatic heterocycles. The first-order chi connectivity index (χ1) is 20.1. The first kappa shape index (κ1) is 38.5. The second-order valence-electron chi connectivity index (χ2n) is 14.2. The average Bonchev–Trinajstić information content (AvgIpc) is 3.77. The Kier molecular flexibility index (Phi) is 18.7. The minimum atomic E-state index is 0.398. The van der Waals surface area contributed by atoms with Crippen molar-refractivity contribution in [3.8, 4) is 0 Å². The molecular weight excluding hydrogens is 504 g/mol. The summed E-state index contributed by atoms with van der Waals surface area (Å²) < 4.78 is 0. The van der Waals surface area contributed by atoms with Gasteiger partial charge in [-0.15, -0.1) is 6.58 Å². The summed E-state index contributed by atoms with van der Waals surface area (Å²) in [7, 11) is 0. The summed E-state index contributed by atoms with van der Waals surface area (Å²) in [5.74, 6) is 3.41. The Labute approximate surface area is 265 Å². The van der Waals surface area contributed by atoms with E-state index in [1.165, 1.54) is 113 Å². The summed E-state index contributed by atoms with van der Waals surface area (Å²) in [5.41, 5.74) is 9.42. The standard InChI is InChI=1S/C24H34.C9H20.C7H12.C2H6/c1-6-8-9-10-18-14-19(7-2)23-20(15-18)16-24(4,5)22-12-11-17(3)13-21(22)23;1-4-7-9(6-3)8-5-2;1-6(2)5-7-3-4-7;1-2/h7,13-15,21-22H,2,6,8-12,16H2,1,3-5H3;9H,4-8H2,1-3H3;7H,1,3-5H2,2H3;1-2H3. The van der Waals surface area contributed by atoms with Crippen LogP contribution >= 0.6 is 0 Å². The van der Waals surface area contributed by atoms with Gasteiger partial charge in [-0.25, -0.2) is 0 Å². The van der Waals surface area contributed by atoms with E-state index in [1.807, 2.05) is 13.8 Å². The lowest BCUT2D eigenvalue weighted by Gasteiger charge is -2.47. The summed E-state index contributed by atoms with van der Waals surface area (Å²) in [4.78, 5) is 0. The SMILES string of the molecule is C=C(C)CC1CC1.C=Cc1cc(CCCCC)cc2c1C1C=C(C)CCC1C(C)(C)C2.CC.CCCC(CC)CCC. The quantitative estimate of drug-likeness (QED) is 0.171. The molecule has 2 atom stereocenters. The lowest BCUT2D eigenvalue weighted by Crippen LogP contribution is -2.37. The van der Waals surface area contributed by atoms with E-state index in [-0.39, 0.29) is 0 Å². The molecule has 0 bridgehead atoms. The van der Waals surface area contributed by atoms with Crippen molar-refractivity contribution in [2.45, 2.75) is 171 Å². The van der Waals surface area contributed by atoms with Gasteiger partial charge >= 0.3 is 0 Å². The third kappa shape index (κ3) is 13.0. The van der Waals surface area contributed by atoms with Gasteiger partial charge in [-0.1, -0.05) is 142 Å². The lowest BCUT2D eigenvalue weighted by atomic mass is 9.57. The van der Waals surface area contributed by atoms with E-state index in [1.54, 1.807) is 16.7 Å². The molecule has 1 saturated carbocycles. The molecule has 240 valence electrons. The van der Waals surface area contributed by atoms with Gasteiger partial charge in [-0.05, 0) is 111 Å². The van der Waals surface area contributed by atoms with Gasteiger partial charge in [0, 0.05) is 5.92 Å². The number of allylic oxidation sites excluding steroid dienone is 3. The number of benzene rings is 1. The smallest absolute Gasteiger partial charge is 0.00628 e. The zero-order chi connectivity index (χ0) is 31.7. The zero-order valence-corrected chi connectivity index (χ0v) is 30.1. The van der Waals surface area contributed by atoms with Crippen LogP contribution in [0.15, 0.2) is 42.5 Å². The van der Waals surface area contributed by atoms with E-state index in [4.69, 9.17) is 0 Å². The first-order valence-corrected chi connectivity index (χ1v) is 18.2. The van der Waals surface area contributed by atoms with E-state index in [0.717, 1.165) is 17.8 Å². The van der Waals surface area contributed by atoms with Crippen LogP contribution in [0.3, 0.4) is 0 Å². The van der Waals surface area contributed by atoms with E-state index in [9.17, 15) is 0 Å². The maximum atomic E-state index is 4.15. The van der Waals surface area contributed by atoms with E-state index in [2.05, 4.69) is 92.8 Å². The zero-order valence-electron chi connectivity index (χ0n) is 30.1. The number of aryl methyl sites for hydroxylation is 1. The van der Waals surface area contributed by atoms with Gasteiger partial charge in [0.1, 0.15) is 0 Å². The number of rotatable bonds is 12. The minimum Gasteiger partial charge on any atom is -0.100 e. The number of unbranched alkanes of at least 4 members (excludes halogenated alkanes) is 2. The molecular formula is C42H72. The molecule has 0 spiro atoms. The summed E-state index contributed by atoms with van der Waals surface area (Å²) in [6.07, 6.45) is 24.8. The van der Waals surface area contributed by atoms with Crippen molar-refractivity contribution >= 4 is 6.08 Å². The van der Waals surface area contributed by atoms with Crippen molar-refractivity contribution in [1.82, 2.24) is 0 Å². The van der Waals surface area contributed by atoms with Gasteiger partial charge in [0.15, 0.2) is 0 Å². The van der Waals surface area contributed by atoms with Crippen LogP contribution in [-0.2, 0) is 12.8 Å². The van der Waals surface area contributed by atoms with Crippen LogP contribution in [0.4, 0.5) is 0 Å². The third-order valence-electron chi connectivity index (χ3n) is 9.68. The Morgan fingerprint density at radius 1 is 0.976 bits per heavy atom. The Hall–Kier alpha value is -1.56. The molecule has 42 heavy (non-hydrogen) atoms. The predicted octanol–water partition coefficient (Wildman–Crippen LogP) is 14.1. The second kappa shape index (κ2) is 20.4. The first-order valence-electron chi connectivity index (χ1n) is 18.2. The molecule has 3 aliphatic carbocycles. The minimum absolute atomic E-state index is 0.398. The molecule has 4 rings (SSSR count). The van der Waals surface area contributed by atoms with Gasteiger partial charge in [-0.2, -0.15) is 0 Å². The van der Waals surface area contributed by atoms with E-state index >= 15 is 0 Å². The van der Waals surface area contributed by atoms with Crippen LogP contribution in [0, 0.1) is 23.2 Å². The van der Waals surface area contributed by atoms with Crippen LogP contribution in [0.25, 0.3) is 6.08 Å². The van der Waals surface area contributed by atoms with Crippen LogP contribution in [0.1, 0.15) is 181 Å². The van der Waals surface area contributed by atoms with Crippen LogP contribution in [-0.4, -0.2) is 0 Å². The maximum Gasteiger partial charge on any atom is 0.00628 e. The summed E-state index contributed by atoms with van der Waals surface area (Å²) in [6.45, 7) is 30.5. The molecule has 1 aromatic rings. The number of hydrogen-bond acceptors (Lipinski definition) is 0. The normalized spacial score (nSPS) is 19.8. The van der Waals surface area contributed by atoms with Gasteiger partial charge in [0.05, 0.1) is 0 Å². The van der Waals surface area contributed by atoms with Gasteiger partial charge in [-0.3, -0.25) is 0 Å². The summed E-state index contributed by atoms with van der Waals surface area (Å²) in [5, 5.41) is 0. The van der Waals surface area contributed by atoms with Crippen molar-refractivity contribution in [2.24, 2.45) is 23.2 Å². The van der Waals surface area contributed by atoms with Crippen molar-refractivity contribution in [3.63, 3.8) is 0 Å². The summed E-state index contributed by atoms with van der Waals surface area (Å²) in [6, 6.07) is 4.95. The molecule has 0 amide bonds. The summed E-state index contributed by atoms with van der Waals surface area (Å²) >= 11 is 0. The molecule has 3 aliphatic rings. The molecule has 0 heteroatoms. The highest BCUT2D eigenvalue weighted by Crippen LogP contribution is 2.53. The fraction of sp³-hybridized carbons (Fsp3) is 0.714. The molecule has 2 unspecified atom stereocenters. The fourth-order valence-corrected chi connectivity index (χ4v) is 7.29. The number of fused-ring (bicyclic) bond motifs is 3. The number of hydrogen-bond donors (Lipinski definition) is 0. The third-order valence-corrected chi connectivity index (χ3v) is 9.68. The molecule has 0 nitrogen and oxygen atoms in total. The van der Waals surface area contributed by atoms with Gasteiger partial charge < -0.3 is 0 Å². The van der Waals surface area contributed by atoms with Crippen molar-refractivity contribution in [1.29, 1.82) is 0 Å². The van der Waals surface area contributed by atoms with Crippen LogP contribution < -0.4 is 0 Å². The van der Waals surface area contributed by atoms with E-state index in [0.29, 0.717) is 11.3 Å². The molecule has 0 N–H and O–H groups in total. The fourth-order valence-electron chi connectivity index (χ4n) is 7.29. The topological polar surface area (TPSA) is 0 Å². The highest BCUT2D eigenvalue weighted by atomic mass is 14.5. The van der Waals surface area contributed by atoms with Crippen LogP contribution in [0.2, 0.25) is 0 Å². The second-order valence-corrected chi connectivity index (χ2v) is 14.2. The Bertz CT molecular complexity index is 931. The Morgan fingerprint density at radius 3 is 2.10 bits per heavy atom. The molecule has 0 saturated heterocycles. The maximum absolute atomic E-state index is 4.15. The molecule has 1 aromatic carbocycles. The van der Waals surface area contributed by atoms with Crippen molar-refractivity contribution in [2.75, 3.05) is 0 Å². The molecule has 0 heterocycles. The molecule has 0 aromatic heterocycles. The van der Waals surface area contributed by atoms with Crippen LogP contribution in [0.5, 0.6) is 0 Å². The van der Waals surface area contributed by atoms with Crippen molar-refractivity contribution < 1.29 is 0 Å². The Balaban J connectivity index is 0.000000401. The van der Waals surface area contributed by atoms with Crippen molar-refractivity contribution in [3.05, 3.63) is 64.8 Å². The van der Waals surface area contributed by atoms with Gasteiger partial charge in [0.25, 0.3) is 0 Å². The monoisotopic (exact) mass is 577 g/mol. The van der Waals surface area contributed by atoms with E-state index < -0.39 is 0 Å². The molecule has 1 fully saturated rings. The highest BCUT2D eigenvalue weighted by molar-refractivity contribution is 5.60. The predicted molar refractivity (Wildman–Crippen MR) is 194 cm³/mol. The highest BCUT2D eigenvalue weighted by Gasteiger charge is 2.42.